The van der Waals surface area contributed by atoms with Crippen molar-refractivity contribution in [2.45, 2.75) is 52.5 Å². The lowest BCUT2D eigenvalue weighted by molar-refractivity contribution is 0.187. The molecule has 2 amide bonds. The Balaban J connectivity index is 1.82. The molecule has 0 saturated heterocycles. The van der Waals surface area contributed by atoms with Crippen LogP contribution in [0, 0.1) is 6.92 Å². The van der Waals surface area contributed by atoms with Gasteiger partial charge >= 0.3 is 6.03 Å². The molecule has 0 saturated carbocycles. The number of carbonyl (C=O) groups is 1. The average molecular weight is 517 g/mol. The highest BCUT2D eigenvalue weighted by Crippen LogP contribution is 2.27. The van der Waals surface area contributed by atoms with Crippen molar-refractivity contribution in [1.29, 1.82) is 0 Å². The first-order valence-corrected chi connectivity index (χ1v) is 13.2. The summed E-state index contributed by atoms with van der Waals surface area (Å²) < 4.78 is 1.55. The number of benzene rings is 3. The number of para-hydroxylation sites is 3. The Hall–Kier alpha value is -3.64. The van der Waals surface area contributed by atoms with E-state index < -0.39 is 6.04 Å². The monoisotopic (exact) mass is 516 g/mol. The zero-order chi connectivity index (χ0) is 26.4. The molecule has 6 nitrogen and oxygen atoms in total. The normalized spacial score (nSPS) is 11.9. The van der Waals surface area contributed by atoms with Crippen LogP contribution in [0.4, 0.5) is 10.5 Å². The fourth-order valence-corrected chi connectivity index (χ4v) is 4.74. The second-order valence-electron chi connectivity index (χ2n) is 9.25. The summed E-state index contributed by atoms with van der Waals surface area (Å²) in [5.41, 5.74) is 2.65. The molecule has 0 aliphatic rings. The summed E-state index contributed by atoms with van der Waals surface area (Å²) in [6.07, 6.45) is 4.06. The van der Waals surface area contributed by atoms with Crippen LogP contribution in [-0.2, 0) is 0 Å². The molecule has 1 heterocycles. The van der Waals surface area contributed by atoms with Crippen LogP contribution in [0.2, 0.25) is 5.02 Å². The minimum Gasteiger partial charge on any atom is -0.315 e. The molecule has 0 fully saturated rings. The Morgan fingerprint density at radius 1 is 1.00 bits per heavy atom. The number of hydrogen-bond donors (Lipinski definition) is 1. The number of amides is 2. The topological polar surface area (TPSA) is 67.2 Å². The van der Waals surface area contributed by atoms with Gasteiger partial charge in [-0.25, -0.2) is 9.78 Å². The standard InChI is InChI=1S/C30H33ClN4O2/c1-4-5-6-13-20-34(30(37)33-25-17-10-7-14-21(25)2)22(3)28-32-26-18-11-8-15-23(26)29(36)35(28)27-19-12-9-16-24(27)31/h7-12,14-19,22H,4-6,13,20H2,1-3H3,(H,33,37). The number of rotatable bonds is 9. The van der Waals surface area contributed by atoms with E-state index in [0.717, 1.165) is 36.9 Å². The van der Waals surface area contributed by atoms with E-state index >= 15 is 0 Å². The predicted octanol–water partition coefficient (Wildman–Crippen LogP) is 7.52. The molecular weight excluding hydrogens is 484 g/mol. The maximum atomic E-state index is 13.8. The molecule has 1 unspecified atom stereocenters. The molecule has 3 aromatic carbocycles. The molecule has 1 atom stereocenters. The lowest BCUT2D eigenvalue weighted by atomic mass is 10.1. The Kier molecular flexibility index (Phi) is 8.62. The lowest BCUT2D eigenvalue weighted by Crippen LogP contribution is -2.40. The summed E-state index contributed by atoms with van der Waals surface area (Å²) in [7, 11) is 0. The third-order valence-electron chi connectivity index (χ3n) is 6.64. The van der Waals surface area contributed by atoms with Crippen LogP contribution in [0.25, 0.3) is 16.6 Å². The number of fused-ring (bicyclic) bond motifs is 1. The van der Waals surface area contributed by atoms with E-state index in [0.29, 0.717) is 34.0 Å². The number of anilines is 1. The molecule has 0 spiro atoms. The molecule has 0 aliphatic carbocycles. The molecule has 4 aromatic rings. The van der Waals surface area contributed by atoms with E-state index in [9.17, 15) is 9.59 Å². The number of nitrogens with one attached hydrogen (secondary N) is 1. The molecule has 0 aliphatic heterocycles. The number of aromatic nitrogens is 2. The van der Waals surface area contributed by atoms with E-state index in [-0.39, 0.29) is 11.6 Å². The molecule has 192 valence electrons. The van der Waals surface area contributed by atoms with Crippen LogP contribution in [0.1, 0.15) is 57.0 Å². The minimum atomic E-state index is -0.501. The fraction of sp³-hybridized carbons (Fsp3) is 0.300. The highest BCUT2D eigenvalue weighted by molar-refractivity contribution is 6.32. The zero-order valence-corrected chi connectivity index (χ0v) is 22.3. The van der Waals surface area contributed by atoms with Gasteiger partial charge in [0.05, 0.1) is 27.7 Å². The molecular formula is C30H33ClN4O2. The van der Waals surface area contributed by atoms with Crippen molar-refractivity contribution in [3.63, 3.8) is 0 Å². The van der Waals surface area contributed by atoms with Gasteiger partial charge in [0.15, 0.2) is 0 Å². The van der Waals surface area contributed by atoms with Crippen LogP contribution in [-0.4, -0.2) is 27.0 Å². The number of hydrogen-bond acceptors (Lipinski definition) is 3. The average Bonchev–Trinajstić information content (AvgIpc) is 2.90. The maximum Gasteiger partial charge on any atom is 0.322 e. The number of halogens is 1. The number of urea groups is 1. The SMILES string of the molecule is CCCCCCN(C(=O)Nc1ccccc1C)C(C)c1nc2ccccc2c(=O)n1-c1ccccc1Cl. The number of aryl methyl sites for hydroxylation is 1. The summed E-state index contributed by atoms with van der Waals surface area (Å²) in [6.45, 7) is 6.57. The molecule has 0 radical (unpaired) electrons. The zero-order valence-electron chi connectivity index (χ0n) is 21.6. The molecule has 37 heavy (non-hydrogen) atoms. The van der Waals surface area contributed by atoms with Gasteiger partial charge in [0.1, 0.15) is 5.82 Å². The van der Waals surface area contributed by atoms with Crippen LogP contribution in [0.15, 0.2) is 77.6 Å². The van der Waals surface area contributed by atoms with Crippen LogP contribution < -0.4 is 10.9 Å². The number of carbonyl (C=O) groups excluding carboxylic acids is 1. The first-order valence-electron chi connectivity index (χ1n) is 12.8. The molecule has 1 N–H and O–H groups in total. The van der Waals surface area contributed by atoms with Gasteiger partial charge < -0.3 is 10.2 Å². The Morgan fingerprint density at radius 2 is 1.70 bits per heavy atom. The minimum absolute atomic E-state index is 0.217. The second kappa shape index (κ2) is 12.1. The first kappa shape index (κ1) is 26.4. The van der Waals surface area contributed by atoms with E-state index in [1.807, 2.05) is 68.4 Å². The summed E-state index contributed by atoms with van der Waals surface area (Å²) in [6, 6.07) is 21.4. The van der Waals surface area contributed by atoms with E-state index in [4.69, 9.17) is 16.6 Å². The highest BCUT2D eigenvalue weighted by Gasteiger charge is 2.27. The first-order chi connectivity index (χ1) is 17.9. The van der Waals surface area contributed by atoms with Gasteiger partial charge in [-0.05, 0) is 56.2 Å². The Bertz CT molecular complexity index is 1450. The third-order valence-corrected chi connectivity index (χ3v) is 6.96. The fourth-order valence-electron chi connectivity index (χ4n) is 4.52. The predicted molar refractivity (Wildman–Crippen MR) is 152 cm³/mol. The molecule has 4 rings (SSSR count). The van der Waals surface area contributed by atoms with Gasteiger partial charge in [0.25, 0.3) is 5.56 Å². The molecule has 1 aromatic heterocycles. The summed E-state index contributed by atoms with van der Waals surface area (Å²) >= 11 is 6.56. The van der Waals surface area contributed by atoms with Gasteiger partial charge in [-0.3, -0.25) is 9.36 Å². The van der Waals surface area contributed by atoms with Crippen LogP contribution >= 0.6 is 11.6 Å². The van der Waals surface area contributed by atoms with Gasteiger partial charge in [0.2, 0.25) is 0 Å². The van der Waals surface area contributed by atoms with Gasteiger partial charge in [-0.1, -0.05) is 80.3 Å². The molecule has 0 bridgehead atoms. The second-order valence-corrected chi connectivity index (χ2v) is 9.66. The van der Waals surface area contributed by atoms with Crippen molar-refractivity contribution in [3.05, 3.63) is 99.6 Å². The van der Waals surface area contributed by atoms with Crippen LogP contribution in [0.5, 0.6) is 0 Å². The quantitative estimate of drug-likeness (QED) is 0.234. The smallest absolute Gasteiger partial charge is 0.315 e. The Morgan fingerprint density at radius 3 is 2.46 bits per heavy atom. The van der Waals surface area contributed by atoms with Crippen molar-refractivity contribution in [2.24, 2.45) is 0 Å². The van der Waals surface area contributed by atoms with Crippen LogP contribution in [0.3, 0.4) is 0 Å². The van der Waals surface area contributed by atoms with Crippen molar-refractivity contribution >= 4 is 34.2 Å². The van der Waals surface area contributed by atoms with Crippen molar-refractivity contribution in [2.75, 3.05) is 11.9 Å². The number of unbranched alkanes of at least 4 members (excludes halogenated alkanes) is 3. The van der Waals surface area contributed by atoms with E-state index in [1.165, 1.54) is 0 Å². The van der Waals surface area contributed by atoms with Gasteiger partial charge in [0, 0.05) is 12.2 Å². The van der Waals surface area contributed by atoms with E-state index in [2.05, 4.69) is 12.2 Å². The lowest BCUT2D eigenvalue weighted by Gasteiger charge is -2.31. The van der Waals surface area contributed by atoms with Crippen molar-refractivity contribution in [3.8, 4) is 5.69 Å². The van der Waals surface area contributed by atoms with E-state index in [1.54, 1.807) is 27.7 Å². The van der Waals surface area contributed by atoms with Crippen molar-refractivity contribution in [1.82, 2.24) is 14.5 Å². The summed E-state index contributed by atoms with van der Waals surface area (Å²) in [5.74, 6) is 0.465. The summed E-state index contributed by atoms with van der Waals surface area (Å²) in [4.78, 5) is 34.1. The third kappa shape index (κ3) is 5.86. The largest absolute Gasteiger partial charge is 0.322 e. The summed E-state index contributed by atoms with van der Waals surface area (Å²) in [5, 5.41) is 4.01. The Labute approximate surface area is 222 Å². The van der Waals surface area contributed by atoms with Crippen molar-refractivity contribution < 1.29 is 4.79 Å². The van der Waals surface area contributed by atoms with Gasteiger partial charge in [-0.2, -0.15) is 0 Å². The van der Waals surface area contributed by atoms with Gasteiger partial charge in [-0.15, -0.1) is 0 Å². The molecule has 7 heteroatoms. The number of nitrogens with zero attached hydrogens (tertiary/aromatic N) is 3. The maximum absolute atomic E-state index is 13.8. The highest BCUT2D eigenvalue weighted by atomic mass is 35.5.